The molecule has 0 aliphatic carbocycles. The Morgan fingerprint density at radius 3 is 3.05 bits per heavy atom. The van der Waals surface area contributed by atoms with Gasteiger partial charge < -0.3 is 10.1 Å². The maximum absolute atomic E-state index is 12.2. The van der Waals surface area contributed by atoms with Gasteiger partial charge in [-0.2, -0.15) is 0 Å². The van der Waals surface area contributed by atoms with Gasteiger partial charge in [-0.1, -0.05) is 24.3 Å². The number of benzene rings is 1. The number of carbonyl (C=O) groups is 1. The van der Waals surface area contributed by atoms with E-state index in [-0.39, 0.29) is 11.8 Å². The second-order valence-corrected chi connectivity index (χ2v) is 5.22. The highest BCUT2D eigenvalue weighted by Gasteiger charge is 2.25. The van der Waals surface area contributed by atoms with E-state index in [4.69, 9.17) is 4.74 Å². The summed E-state index contributed by atoms with van der Waals surface area (Å²) in [6.07, 6.45) is 5.11. The van der Waals surface area contributed by atoms with Crippen molar-refractivity contribution in [1.29, 1.82) is 0 Å². The summed E-state index contributed by atoms with van der Waals surface area (Å²) in [5.74, 6) is 0.860. The topological polar surface area (TPSA) is 51.2 Å². The molecule has 4 heteroatoms. The molecule has 4 nitrogen and oxygen atoms in total. The molecule has 1 aromatic carbocycles. The summed E-state index contributed by atoms with van der Waals surface area (Å²) in [4.78, 5) is 16.3. The number of hydrogen-bond acceptors (Lipinski definition) is 3. The zero-order valence-corrected chi connectivity index (χ0v) is 11.8. The molecule has 0 saturated carbocycles. The summed E-state index contributed by atoms with van der Waals surface area (Å²) in [6.45, 7) is 1.08. The van der Waals surface area contributed by atoms with Crippen molar-refractivity contribution in [3.63, 3.8) is 0 Å². The Hall–Kier alpha value is -2.36. The van der Waals surface area contributed by atoms with Crippen molar-refractivity contribution in [2.75, 3.05) is 13.2 Å². The third-order valence-electron chi connectivity index (χ3n) is 3.69. The van der Waals surface area contributed by atoms with Gasteiger partial charge in [0.15, 0.2) is 0 Å². The Kier molecular flexibility index (Phi) is 4.15. The second-order valence-electron chi connectivity index (χ2n) is 5.22. The molecule has 1 amide bonds. The van der Waals surface area contributed by atoms with E-state index in [1.54, 1.807) is 6.20 Å². The normalized spacial score (nSPS) is 16.7. The maximum Gasteiger partial charge on any atom is 0.226 e. The minimum absolute atomic E-state index is 0.0633. The number of amides is 1. The van der Waals surface area contributed by atoms with Crippen LogP contribution in [-0.4, -0.2) is 24.0 Å². The first kappa shape index (κ1) is 13.6. The molecule has 2 heterocycles. The molecular formula is C17H18N2O2. The van der Waals surface area contributed by atoms with E-state index in [1.807, 2.05) is 42.6 Å². The molecule has 1 atom stereocenters. The number of pyridine rings is 1. The van der Waals surface area contributed by atoms with E-state index < -0.39 is 0 Å². The van der Waals surface area contributed by atoms with Gasteiger partial charge in [-0.3, -0.25) is 9.78 Å². The van der Waals surface area contributed by atoms with E-state index in [9.17, 15) is 4.79 Å². The fourth-order valence-electron chi connectivity index (χ4n) is 2.52. The van der Waals surface area contributed by atoms with Gasteiger partial charge in [-0.15, -0.1) is 0 Å². The smallest absolute Gasteiger partial charge is 0.226 e. The van der Waals surface area contributed by atoms with Crippen LogP contribution in [0.4, 0.5) is 0 Å². The molecule has 1 N–H and O–H groups in total. The van der Waals surface area contributed by atoms with E-state index >= 15 is 0 Å². The third-order valence-corrected chi connectivity index (χ3v) is 3.69. The molecule has 0 fully saturated rings. The lowest BCUT2D eigenvalue weighted by Gasteiger charge is -2.24. The Balaban J connectivity index is 1.50. The first-order chi connectivity index (χ1) is 10.3. The van der Waals surface area contributed by atoms with Gasteiger partial charge in [-0.05, 0) is 36.1 Å². The second kappa shape index (κ2) is 6.39. The van der Waals surface area contributed by atoms with Gasteiger partial charge in [0.1, 0.15) is 12.4 Å². The summed E-state index contributed by atoms with van der Waals surface area (Å²) in [7, 11) is 0. The molecule has 3 rings (SSSR count). The molecule has 1 aromatic heterocycles. The van der Waals surface area contributed by atoms with E-state index in [1.165, 1.54) is 0 Å². The Labute approximate surface area is 124 Å². The molecule has 2 aromatic rings. The minimum Gasteiger partial charge on any atom is -0.492 e. The lowest BCUT2D eigenvalue weighted by atomic mass is 9.96. The number of nitrogens with zero attached hydrogens (tertiary/aromatic N) is 1. The largest absolute Gasteiger partial charge is 0.492 e. The van der Waals surface area contributed by atoms with Gasteiger partial charge in [0, 0.05) is 18.9 Å². The number of aromatic nitrogens is 1. The van der Waals surface area contributed by atoms with Crippen LogP contribution in [0.15, 0.2) is 48.8 Å². The van der Waals surface area contributed by atoms with Gasteiger partial charge in [0.05, 0.1) is 5.92 Å². The Bertz CT molecular complexity index is 613. The monoisotopic (exact) mass is 282 g/mol. The summed E-state index contributed by atoms with van der Waals surface area (Å²) in [5.41, 5.74) is 2.24. The van der Waals surface area contributed by atoms with Gasteiger partial charge in [0.25, 0.3) is 0 Å². The summed E-state index contributed by atoms with van der Waals surface area (Å²) in [5, 5.41) is 2.98. The minimum atomic E-state index is -0.103. The summed E-state index contributed by atoms with van der Waals surface area (Å²) >= 11 is 0. The Morgan fingerprint density at radius 2 is 2.19 bits per heavy atom. The van der Waals surface area contributed by atoms with Crippen molar-refractivity contribution in [2.45, 2.75) is 12.8 Å². The number of hydrogen-bond donors (Lipinski definition) is 1. The molecule has 1 aliphatic heterocycles. The fourth-order valence-corrected chi connectivity index (χ4v) is 2.52. The summed E-state index contributed by atoms with van der Waals surface area (Å²) in [6, 6.07) is 11.8. The highest BCUT2D eigenvalue weighted by Crippen LogP contribution is 2.26. The molecule has 0 saturated heterocycles. The number of carbonyl (C=O) groups excluding carboxylic acids is 1. The number of nitrogens with one attached hydrogen (secondary N) is 1. The molecule has 0 radical (unpaired) electrons. The predicted molar refractivity (Wildman–Crippen MR) is 80.1 cm³/mol. The van der Waals surface area contributed by atoms with E-state index in [0.717, 1.165) is 29.7 Å². The first-order valence-electron chi connectivity index (χ1n) is 7.20. The number of para-hydroxylation sites is 1. The zero-order chi connectivity index (χ0) is 14.5. The molecular weight excluding hydrogens is 264 g/mol. The standard InChI is InChI=1S/C17H18N2O2/c20-17(19-9-7-13-4-3-8-18-11-13)15-10-14-5-1-2-6-16(14)21-12-15/h1-6,8,11,15H,7,9-10,12H2,(H,19,20)/t15-/m1/s1. The fraction of sp³-hybridized carbons (Fsp3) is 0.294. The predicted octanol–water partition coefficient (Wildman–Crippen LogP) is 1.99. The molecule has 21 heavy (non-hydrogen) atoms. The highest BCUT2D eigenvalue weighted by molar-refractivity contribution is 5.79. The van der Waals surface area contributed by atoms with Crippen molar-refractivity contribution in [2.24, 2.45) is 5.92 Å². The molecule has 0 unspecified atom stereocenters. The van der Waals surface area contributed by atoms with Crippen LogP contribution < -0.4 is 10.1 Å². The SMILES string of the molecule is O=C(NCCc1cccnc1)[C@H]1COc2ccccc2C1. The van der Waals surface area contributed by atoms with Crippen LogP contribution in [0, 0.1) is 5.92 Å². The molecule has 0 spiro atoms. The number of ether oxygens (including phenoxy) is 1. The van der Waals surface area contributed by atoms with Crippen molar-refractivity contribution >= 4 is 5.91 Å². The zero-order valence-electron chi connectivity index (χ0n) is 11.8. The van der Waals surface area contributed by atoms with Crippen LogP contribution >= 0.6 is 0 Å². The number of fused-ring (bicyclic) bond motifs is 1. The van der Waals surface area contributed by atoms with Crippen LogP contribution in [-0.2, 0) is 17.6 Å². The van der Waals surface area contributed by atoms with Gasteiger partial charge >= 0.3 is 0 Å². The third kappa shape index (κ3) is 3.40. The van der Waals surface area contributed by atoms with E-state index in [0.29, 0.717) is 13.2 Å². The lowest BCUT2D eigenvalue weighted by Crippen LogP contribution is -2.38. The van der Waals surface area contributed by atoms with Crippen molar-refractivity contribution < 1.29 is 9.53 Å². The quantitative estimate of drug-likeness (QED) is 0.933. The maximum atomic E-state index is 12.2. The van der Waals surface area contributed by atoms with Crippen LogP contribution in [0.5, 0.6) is 5.75 Å². The molecule has 0 bridgehead atoms. The van der Waals surface area contributed by atoms with Gasteiger partial charge in [0.2, 0.25) is 5.91 Å². The average Bonchev–Trinajstić information content (AvgIpc) is 2.55. The van der Waals surface area contributed by atoms with Gasteiger partial charge in [-0.25, -0.2) is 0 Å². The van der Waals surface area contributed by atoms with Crippen molar-refractivity contribution in [1.82, 2.24) is 10.3 Å². The van der Waals surface area contributed by atoms with Crippen LogP contribution in [0.2, 0.25) is 0 Å². The lowest BCUT2D eigenvalue weighted by molar-refractivity contribution is -0.126. The Morgan fingerprint density at radius 1 is 1.29 bits per heavy atom. The van der Waals surface area contributed by atoms with Crippen molar-refractivity contribution in [3.8, 4) is 5.75 Å². The van der Waals surface area contributed by atoms with Crippen LogP contribution in [0.1, 0.15) is 11.1 Å². The summed E-state index contributed by atoms with van der Waals surface area (Å²) < 4.78 is 5.65. The molecule has 1 aliphatic rings. The highest BCUT2D eigenvalue weighted by atomic mass is 16.5. The van der Waals surface area contributed by atoms with Crippen LogP contribution in [0.25, 0.3) is 0 Å². The number of rotatable bonds is 4. The van der Waals surface area contributed by atoms with Crippen LogP contribution in [0.3, 0.4) is 0 Å². The first-order valence-corrected chi connectivity index (χ1v) is 7.20. The van der Waals surface area contributed by atoms with Crippen molar-refractivity contribution in [3.05, 3.63) is 59.9 Å². The average molecular weight is 282 g/mol. The molecule has 108 valence electrons. The van der Waals surface area contributed by atoms with E-state index in [2.05, 4.69) is 10.3 Å².